The summed E-state index contributed by atoms with van der Waals surface area (Å²) >= 11 is 0. The molecule has 1 saturated heterocycles. The Kier molecular flexibility index (Phi) is 6.79. The Labute approximate surface area is 144 Å². The lowest BCUT2D eigenvalue weighted by atomic mass is 9.99. The summed E-state index contributed by atoms with van der Waals surface area (Å²) in [7, 11) is 0. The summed E-state index contributed by atoms with van der Waals surface area (Å²) in [6, 6.07) is 9.10. The van der Waals surface area contributed by atoms with Gasteiger partial charge in [0.1, 0.15) is 0 Å². The molecule has 2 unspecified atom stereocenters. The Hall–Kier alpha value is -1.88. The standard InChI is InChI=1S/C19H28N2O3/c1-14(2)17(22)12-18(23)21-11-7-6-10-16(21)13-20-19(24)15-8-4-3-5-9-15/h3-5,8-9,14,16-17,22H,6-7,10-13H2,1-2H3,(H,20,24). The molecule has 132 valence electrons. The van der Waals surface area contributed by atoms with Gasteiger partial charge in [0.05, 0.1) is 12.5 Å². The van der Waals surface area contributed by atoms with Crippen molar-refractivity contribution in [3.63, 3.8) is 0 Å². The zero-order chi connectivity index (χ0) is 17.5. The van der Waals surface area contributed by atoms with Crippen molar-refractivity contribution in [3.8, 4) is 0 Å². The van der Waals surface area contributed by atoms with Gasteiger partial charge in [-0.15, -0.1) is 0 Å². The van der Waals surface area contributed by atoms with E-state index >= 15 is 0 Å². The fourth-order valence-electron chi connectivity index (χ4n) is 2.98. The number of likely N-dealkylation sites (tertiary alicyclic amines) is 1. The largest absolute Gasteiger partial charge is 0.392 e. The molecule has 1 aliphatic heterocycles. The van der Waals surface area contributed by atoms with Gasteiger partial charge < -0.3 is 15.3 Å². The van der Waals surface area contributed by atoms with Crippen LogP contribution in [0.3, 0.4) is 0 Å². The van der Waals surface area contributed by atoms with Crippen molar-refractivity contribution in [1.29, 1.82) is 0 Å². The quantitative estimate of drug-likeness (QED) is 0.839. The smallest absolute Gasteiger partial charge is 0.251 e. The number of nitrogens with one attached hydrogen (secondary N) is 1. The highest BCUT2D eigenvalue weighted by molar-refractivity contribution is 5.94. The van der Waals surface area contributed by atoms with E-state index in [1.54, 1.807) is 12.1 Å². The molecule has 0 aromatic heterocycles. The molecule has 0 aliphatic carbocycles. The molecular weight excluding hydrogens is 304 g/mol. The average molecular weight is 332 g/mol. The zero-order valence-electron chi connectivity index (χ0n) is 14.6. The fraction of sp³-hybridized carbons (Fsp3) is 0.579. The van der Waals surface area contributed by atoms with Crippen LogP contribution in [0.4, 0.5) is 0 Å². The van der Waals surface area contributed by atoms with Gasteiger partial charge in [-0.1, -0.05) is 32.0 Å². The van der Waals surface area contributed by atoms with E-state index in [-0.39, 0.29) is 30.2 Å². The van der Waals surface area contributed by atoms with Gasteiger partial charge >= 0.3 is 0 Å². The first-order valence-electron chi connectivity index (χ1n) is 8.80. The summed E-state index contributed by atoms with van der Waals surface area (Å²) in [6.45, 7) is 4.98. The second-order valence-electron chi connectivity index (χ2n) is 6.83. The van der Waals surface area contributed by atoms with E-state index in [1.807, 2.05) is 36.9 Å². The summed E-state index contributed by atoms with van der Waals surface area (Å²) in [4.78, 5) is 26.5. The van der Waals surface area contributed by atoms with Crippen LogP contribution in [0.5, 0.6) is 0 Å². The van der Waals surface area contributed by atoms with Gasteiger partial charge in [-0.25, -0.2) is 0 Å². The Bertz CT molecular complexity index is 545. The van der Waals surface area contributed by atoms with Crippen LogP contribution in [0.25, 0.3) is 0 Å². The molecule has 0 spiro atoms. The van der Waals surface area contributed by atoms with Gasteiger partial charge in [-0.3, -0.25) is 9.59 Å². The van der Waals surface area contributed by atoms with Crippen LogP contribution in [0.1, 0.15) is 49.9 Å². The molecule has 0 saturated carbocycles. The van der Waals surface area contributed by atoms with Crippen LogP contribution in [0.2, 0.25) is 0 Å². The van der Waals surface area contributed by atoms with Crippen molar-refractivity contribution in [2.75, 3.05) is 13.1 Å². The Morgan fingerprint density at radius 1 is 1.25 bits per heavy atom. The maximum Gasteiger partial charge on any atom is 0.251 e. The van der Waals surface area contributed by atoms with E-state index in [1.165, 1.54) is 0 Å². The number of hydrogen-bond acceptors (Lipinski definition) is 3. The summed E-state index contributed by atoms with van der Waals surface area (Å²) < 4.78 is 0. The maximum atomic E-state index is 12.5. The Balaban J connectivity index is 1.91. The van der Waals surface area contributed by atoms with Gasteiger partial charge in [-0.05, 0) is 37.3 Å². The number of aliphatic hydroxyl groups is 1. The molecule has 5 heteroatoms. The molecule has 1 aromatic carbocycles. The van der Waals surface area contributed by atoms with Crippen molar-refractivity contribution in [3.05, 3.63) is 35.9 Å². The minimum absolute atomic E-state index is 0.0123. The predicted molar refractivity (Wildman–Crippen MR) is 93.6 cm³/mol. The van der Waals surface area contributed by atoms with Gasteiger partial charge in [0.15, 0.2) is 0 Å². The normalized spacial score (nSPS) is 19.2. The first kappa shape index (κ1) is 18.5. The molecule has 5 nitrogen and oxygen atoms in total. The Morgan fingerprint density at radius 3 is 2.62 bits per heavy atom. The van der Waals surface area contributed by atoms with E-state index in [0.717, 1.165) is 19.3 Å². The molecule has 1 aromatic rings. The van der Waals surface area contributed by atoms with Crippen LogP contribution < -0.4 is 5.32 Å². The van der Waals surface area contributed by atoms with Gasteiger partial charge in [-0.2, -0.15) is 0 Å². The average Bonchev–Trinajstić information content (AvgIpc) is 2.60. The molecule has 2 N–H and O–H groups in total. The molecule has 1 fully saturated rings. The molecule has 1 aliphatic rings. The van der Waals surface area contributed by atoms with Crippen LogP contribution in [-0.4, -0.2) is 47.1 Å². The second kappa shape index (κ2) is 8.83. The first-order valence-corrected chi connectivity index (χ1v) is 8.80. The minimum Gasteiger partial charge on any atom is -0.392 e. The van der Waals surface area contributed by atoms with Crippen molar-refractivity contribution >= 4 is 11.8 Å². The molecular formula is C19H28N2O3. The van der Waals surface area contributed by atoms with Crippen LogP contribution in [-0.2, 0) is 4.79 Å². The number of piperidine rings is 1. The lowest BCUT2D eigenvalue weighted by molar-refractivity contribution is -0.137. The third kappa shape index (κ3) is 5.06. The highest BCUT2D eigenvalue weighted by Crippen LogP contribution is 2.19. The summed E-state index contributed by atoms with van der Waals surface area (Å²) in [5.41, 5.74) is 0.626. The monoisotopic (exact) mass is 332 g/mol. The number of carbonyl (C=O) groups is 2. The molecule has 2 rings (SSSR count). The molecule has 0 radical (unpaired) electrons. The number of rotatable bonds is 6. The van der Waals surface area contributed by atoms with E-state index in [2.05, 4.69) is 5.32 Å². The molecule has 0 bridgehead atoms. The number of benzene rings is 1. The topological polar surface area (TPSA) is 69.6 Å². The third-order valence-electron chi connectivity index (χ3n) is 4.64. The lowest BCUT2D eigenvalue weighted by Crippen LogP contribution is -2.50. The summed E-state index contributed by atoms with van der Waals surface area (Å²) in [5, 5.41) is 12.9. The van der Waals surface area contributed by atoms with Gasteiger partial charge in [0, 0.05) is 24.7 Å². The summed E-state index contributed by atoms with van der Waals surface area (Å²) in [5.74, 6) is -0.0689. The lowest BCUT2D eigenvalue weighted by Gasteiger charge is -2.36. The van der Waals surface area contributed by atoms with E-state index in [0.29, 0.717) is 18.7 Å². The maximum absolute atomic E-state index is 12.5. The van der Waals surface area contributed by atoms with E-state index in [9.17, 15) is 14.7 Å². The van der Waals surface area contributed by atoms with Gasteiger partial charge in [0.2, 0.25) is 5.91 Å². The number of carbonyl (C=O) groups excluding carboxylic acids is 2. The number of hydrogen-bond donors (Lipinski definition) is 2. The number of nitrogens with zero attached hydrogens (tertiary/aromatic N) is 1. The van der Waals surface area contributed by atoms with Gasteiger partial charge in [0.25, 0.3) is 5.91 Å². The number of aliphatic hydroxyl groups excluding tert-OH is 1. The fourth-order valence-corrected chi connectivity index (χ4v) is 2.98. The van der Waals surface area contributed by atoms with E-state index in [4.69, 9.17) is 0 Å². The summed E-state index contributed by atoms with van der Waals surface area (Å²) in [6.07, 6.45) is 2.47. The highest BCUT2D eigenvalue weighted by Gasteiger charge is 2.28. The van der Waals surface area contributed by atoms with Crippen molar-refractivity contribution < 1.29 is 14.7 Å². The van der Waals surface area contributed by atoms with Crippen molar-refractivity contribution in [2.45, 2.75) is 51.7 Å². The Morgan fingerprint density at radius 2 is 1.96 bits per heavy atom. The van der Waals surface area contributed by atoms with Crippen molar-refractivity contribution in [2.24, 2.45) is 5.92 Å². The third-order valence-corrected chi connectivity index (χ3v) is 4.64. The molecule has 24 heavy (non-hydrogen) atoms. The van der Waals surface area contributed by atoms with E-state index < -0.39 is 6.10 Å². The van der Waals surface area contributed by atoms with Crippen LogP contribution >= 0.6 is 0 Å². The minimum atomic E-state index is -0.612. The molecule has 1 heterocycles. The SMILES string of the molecule is CC(C)C(O)CC(=O)N1CCCCC1CNC(=O)c1ccccc1. The highest BCUT2D eigenvalue weighted by atomic mass is 16.3. The molecule has 2 amide bonds. The number of amides is 2. The predicted octanol–water partition coefficient (Wildman–Crippen LogP) is 2.20. The zero-order valence-corrected chi connectivity index (χ0v) is 14.6. The van der Waals surface area contributed by atoms with Crippen LogP contribution in [0, 0.1) is 5.92 Å². The van der Waals surface area contributed by atoms with Crippen LogP contribution in [0.15, 0.2) is 30.3 Å². The van der Waals surface area contributed by atoms with Crippen molar-refractivity contribution in [1.82, 2.24) is 10.2 Å². The second-order valence-corrected chi connectivity index (χ2v) is 6.83. The molecule has 2 atom stereocenters. The first-order chi connectivity index (χ1) is 11.5.